The summed E-state index contributed by atoms with van der Waals surface area (Å²) < 4.78 is 7.53. The second-order valence-electron chi connectivity index (χ2n) is 6.51. The third-order valence-electron chi connectivity index (χ3n) is 4.55. The maximum Gasteiger partial charge on any atom is 0.340 e. The van der Waals surface area contributed by atoms with Gasteiger partial charge in [0.05, 0.1) is 22.5 Å². The van der Waals surface area contributed by atoms with Gasteiger partial charge in [0.2, 0.25) is 5.78 Å². The van der Waals surface area contributed by atoms with Gasteiger partial charge in [-0.3, -0.25) is 23.5 Å². The van der Waals surface area contributed by atoms with Crippen LogP contribution in [0.1, 0.15) is 20.7 Å². The van der Waals surface area contributed by atoms with Gasteiger partial charge in [0, 0.05) is 14.1 Å². The number of anilines is 1. The molecule has 0 saturated carbocycles. The van der Waals surface area contributed by atoms with Crippen molar-refractivity contribution in [1.29, 1.82) is 0 Å². The Morgan fingerprint density at radius 1 is 1.06 bits per heavy atom. The van der Waals surface area contributed by atoms with Crippen LogP contribution in [0.5, 0.6) is 0 Å². The second-order valence-corrected chi connectivity index (χ2v) is 7.29. The predicted octanol–water partition coefficient (Wildman–Crippen LogP) is 0.559. The Hall–Kier alpha value is -3.70. The van der Waals surface area contributed by atoms with Crippen LogP contribution in [0.15, 0.2) is 44.8 Å². The summed E-state index contributed by atoms with van der Waals surface area (Å²) in [5.74, 6) is -2.24. The summed E-state index contributed by atoms with van der Waals surface area (Å²) in [6, 6.07) is 5.81. The number of ether oxygens (including phenoxy) is 1. The zero-order chi connectivity index (χ0) is 23.7. The Morgan fingerprint density at radius 3 is 2.41 bits per heavy atom. The van der Waals surface area contributed by atoms with E-state index < -0.39 is 40.7 Å². The van der Waals surface area contributed by atoms with Gasteiger partial charge in [-0.15, -0.1) is 0 Å². The number of benzene rings is 1. The third kappa shape index (κ3) is 3.95. The summed E-state index contributed by atoms with van der Waals surface area (Å²) in [4.78, 5) is 61.7. The molecule has 0 aliphatic rings. The minimum absolute atomic E-state index is 0.0334. The average Bonchev–Trinajstić information content (AvgIpc) is 2.78. The van der Waals surface area contributed by atoms with Crippen LogP contribution in [0, 0.1) is 0 Å². The van der Waals surface area contributed by atoms with Crippen molar-refractivity contribution >= 4 is 40.8 Å². The van der Waals surface area contributed by atoms with E-state index in [9.17, 15) is 24.0 Å². The Labute approximate surface area is 189 Å². The molecule has 1 aromatic carbocycles. The van der Waals surface area contributed by atoms with Crippen LogP contribution in [0.3, 0.4) is 0 Å². The molecule has 0 fully saturated rings. The molecular weight excluding hydrogens is 465 g/mol. The topological polar surface area (TPSA) is 148 Å². The van der Waals surface area contributed by atoms with E-state index in [0.29, 0.717) is 4.57 Å². The number of carbonyl (C=O) groups is 2. The predicted molar refractivity (Wildman–Crippen MR) is 116 cm³/mol. The zero-order valence-corrected chi connectivity index (χ0v) is 18.2. The summed E-state index contributed by atoms with van der Waals surface area (Å²) in [7, 11) is 2.48. The molecule has 0 atom stereocenters. The molecule has 166 valence electrons. The minimum atomic E-state index is -0.978. The summed E-state index contributed by atoms with van der Waals surface area (Å²) >= 11 is 11.6. The molecule has 0 unspecified atom stereocenters. The standard InChI is InChI=1S/C19H15Cl2N5O6/c1-24-15(22)13(16(28)25(2)19(24)31)12(27)8-32-18(30)9-5-3-4-6-11(9)26-17(29)14(21)10(20)7-23-26/h3-7H,8,22H2,1-2H3. The number of rotatable bonds is 5. The van der Waals surface area contributed by atoms with Gasteiger partial charge in [-0.05, 0) is 12.1 Å². The van der Waals surface area contributed by atoms with Gasteiger partial charge in [0.15, 0.2) is 6.61 Å². The van der Waals surface area contributed by atoms with E-state index in [1.54, 1.807) is 6.07 Å². The number of ketones is 1. The highest BCUT2D eigenvalue weighted by molar-refractivity contribution is 6.41. The zero-order valence-electron chi connectivity index (χ0n) is 16.7. The van der Waals surface area contributed by atoms with E-state index in [-0.39, 0.29) is 27.1 Å². The van der Waals surface area contributed by atoms with Crippen molar-refractivity contribution in [1.82, 2.24) is 18.9 Å². The van der Waals surface area contributed by atoms with Crippen LogP contribution < -0.4 is 22.5 Å². The smallest absolute Gasteiger partial charge is 0.340 e. The number of carbonyl (C=O) groups excluding carboxylic acids is 2. The van der Waals surface area contributed by atoms with E-state index in [2.05, 4.69) is 5.10 Å². The number of halogens is 2. The molecule has 13 heteroatoms. The fourth-order valence-corrected chi connectivity index (χ4v) is 3.07. The number of hydrogen-bond acceptors (Lipinski definition) is 8. The lowest BCUT2D eigenvalue weighted by molar-refractivity contribution is 0.0474. The number of aromatic nitrogens is 4. The minimum Gasteiger partial charge on any atom is -0.454 e. The molecule has 11 nitrogen and oxygen atoms in total. The van der Waals surface area contributed by atoms with Crippen molar-refractivity contribution in [2.24, 2.45) is 14.1 Å². The van der Waals surface area contributed by atoms with Crippen molar-refractivity contribution in [3.63, 3.8) is 0 Å². The molecule has 0 radical (unpaired) electrons. The van der Waals surface area contributed by atoms with Gasteiger partial charge in [0.1, 0.15) is 16.4 Å². The van der Waals surface area contributed by atoms with E-state index in [0.717, 1.165) is 15.4 Å². The maximum atomic E-state index is 12.6. The van der Waals surface area contributed by atoms with Crippen LogP contribution >= 0.6 is 23.2 Å². The fourth-order valence-electron chi connectivity index (χ4n) is 2.82. The molecule has 32 heavy (non-hydrogen) atoms. The first kappa shape index (κ1) is 23.0. The fraction of sp³-hybridized carbons (Fsp3) is 0.158. The van der Waals surface area contributed by atoms with Crippen LogP contribution in [-0.4, -0.2) is 37.3 Å². The van der Waals surface area contributed by atoms with Gasteiger partial charge in [-0.2, -0.15) is 9.78 Å². The third-order valence-corrected chi connectivity index (χ3v) is 5.30. The van der Waals surface area contributed by atoms with Crippen LogP contribution in [0.4, 0.5) is 5.82 Å². The lowest BCUT2D eigenvalue weighted by atomic mass is 10.1. The summed E-state index contributed by atoms with van der Waals surface area (Å²) in [5.41, 5.74) is 2.78. The average molecular weight is 480 g/mol. The molecule has 0 aliphatic carbocycles. The second kappa shape index (κ2) is 8.81. The maximum absolute atomic E-state index is 12.6. The van der Waals surface area contributed by atoms with Gasteiger partial charge in [-0.1, -0.05) is 35.3 Å². The molecule has 0 spiro atoms. The van der Waals surface area contributed by atoms with Gasteiger partial charge < -0.3 is 10.5 Å². The summed E-state index contributed by atoms with van der Waals surface area (Å²) in [6.45, 7) is -0.839. The van der Waals surface area contributed by atoms with E-state index in [4.69, 9.17) is 33.7 Å². The monoisotopic (exact) mass is 479 g/mol. The molecule has 2 heterocycles. The highest BCUT2D eigenvalue weighted by atomic mass is 35.5. The first-order chi connectivity index (χ1) is 15.1. The SMILES string of the molecule is Cn1c(N)c(C(=O)COC(=O)c2ccccc2-n2ncc(Cl)c(Cl)c2=O)c(=O)n(C)c1=O. The van der Waals surface area contributed by atoms with Crippen LogP contribution in [-0.2, 0) is 18.8 Å². The molecule has 0 aliphatic heterocycles. The molecule has 3 aromatic rings. The lowest BCUT2D eigenvalue weighted by Gasteiger charge is -2.12. The first-order valence-electron chi connectivity index (χ1n) is 8.84. The molecule has 0 amide bonds. The van der Waals surface area contributed by atoms with Crippen molar-refractivity contribution in [2.75, 3.05) is 12.3 Å². The number of esters is 1. The Morgan fingerprint density at radius 2 is 1.72 bits per heavy atom. The normalized spacial score (nSPS) is 10.8. The number of nitrogens with two attached hydrogens (primary N) is 1. The highest BCUT2D eigenvalue weighted by Gasteiger charge is 2.23. The number of nitrogens with zero attached hydrogens (tertiary/aromatic N) is 4. The molecule has 2 N–H and O–H groups in total. The molecule has 0 saturated heterocycles. The molecular formula is C19H15Cl2N5O6. The molecule has 3 rings (SSSR count). The van der Waals surface area contributed by atoms with Gasteiger partial charge >= 0.3 is 11.7 Å². The molecule has 2 aromatic heterocycles. The Balaban J connectivity index is 1.92. The van der Waals surface area contributed by atoms with Crippen LogP contribution in [0.25, 0.3) is 5.69 Å². The quantitative estimate of drug-likeness (QED) is 0.412. The summed E-state index contributed by atoms with van der Waals surface area (Å²) in [6.07, 6.45) is 1.13. The van der Waals surface area contributed by atoms with E-state index >= 15 is 0 Å². The molecule has 0 bridgehead atoms. The number of para-hydroxylation sites is 1. The van der Waals surface area contributed by atoms with Crippen molar-refractivity contribution in [3.8, 4) is 5.69 Å². The van der Waals surface area contributed by atoms with Crippen molar-refractivity contribution in [2.45, 2.75) is 0 Å². The number of nitrogen functional groups attached to an aromatic ring is 1. The Kier molecular flexibility index (Phi) is 6.32. The summed E-state index contributed by atoms with van der Waals surface area (Å²) in [5, 5.41) is 3.51. The number of Topliss-reactive ketones (excluding diaryl/α,β-unsaturated/α-hetero) is 1. The Bertz CT molecular complexity index is 1440. The first-order valence-corrected chi connectivity index (χ1v) is 9.60. The largest absolute Gasteiger partial charge is 0.454 e. The van der Waals surface area contributed by atoms with Crippen molar-refractivity contribution in [3.05, 3.63) is 82.8 Å². The van der Waals surface area contributed by atoms with Gasteiger partial charge in [-0.25, -0.2) is 9.59 Å². The van der Waals surface area contributed by atoms with Crippen molar-refractivity contribution < 1.29 is 14.3 Å². The number of hydrogen-bond donors (Lipinski definition) is 1. The lowest BCUT2D eigenvalue weighted by Crippen LogP contribution is -2.42. The van der Waals surface area contributed by atoms with E-state index in [1.165, 1.54) is 32.3 Å². The van der Waals surface area contributed by atoms with Gasteiger partial charge in [0.25, 0.3) is 11.1 Å². The van der Waals surface area contributed by atoms with E-state index in [1.807, 2.05) is 0 Å². The highest BCUT2D eigenvalue weighted by Crippen LogP contribution is 2.18. The van der Waals surface area contributed by atoms with Crippen LogP contribution in [0.2, 0.25) is 10.0 Å².